The Balaban J connectivity index is 1.55. The van der Waals surface area contributed by atoms with E-state index in [4.69, 9.17) is 9.47 Å². The molecule has 8 heteroatoms. The Morgan fingerprint density at radius 2 is 1.77 bits per heavy atom. The zero-order chi connectivity index (χ0) is 21.3. The molecule has 1 saturated carbocycles. The second-order valence-corrected chi connectivity index (χ2v) is 9.40. The summed E-state index contributed by atoms with van der Waals surface area (Å²) in [5.74, 6) is 1.27. The number of nitrogens with zero attached hydrogens (tertiary/aromatic N) is 1. The quantitative estimate of drug-likeness (QED) is 0.730. The van der Waals surface area contributed by atoms with Crippen molar-refractivity contribution in [2.75, 3.05) is 20.8 Å². The largest absolute Gasteiger partial charge is 0.497 e. The first-order chi connectivity index (χ1) is 14.4. The van der Waals surface area contributed by atoms with E-state index in [0.717, 1.165) is 31.2 Å². The number of hydrogen-bond donors (Lipinski definition) is 1. The van der Waals surface area contributed by atoms with Crippen molar-refractivity contribution in [1.29, 1.82) is 0 Å². The minimum absolute atomic E-state index is 0.0427. The van der Waals surface area contributed by atoms with Crippen LogP contribution in [0.15, 0.2) is 47.4 Å². The second kappa shape index (κ2) is 8.28. The molecule has 160 valence electrons. The predicted molar refractivity (Wildman–Crippen MR) is 112 cm³/mol. The lowest BCUT2D eigenvalue weighted by molar-refractivity contribution is 0.0734. The van der Waals surface area contributed by atoms with Crippen molar-refractivity contribution in [1.82, 2.24) is 9.62 Å². The number of methoxy groups -OCH3 is 2. The van der Waals surface area contributed by atoms with Crippen LogP contribution < -0.4 is 14.2 Å². The number of sulfonamides is 1. The molecule has 7 nitrogen and oxygen atoms in total. The summed E-state index contributed by atoms with van der Waals surface area (Å²) in [5.41, 5.74) is 1.41. The summed E-state index contributed by atoms with van der Waals surface area (Å²) < 4.78 is 38.2. The van der Waals surface area contributed by atoms with Gasteiger partial charge in [0.05, 0.1) is 25.2 Å². The molecule has 0 spiro atoms. The molecule has 1 atom stereocenters. The number of carbonyl (C=O) groups is 1. The second-order valence-electron chi connectivity index (χ2n) is 7.68. The van der Waals surface area contributed by atoms with Gasteiger partial charge in [0.1, 0.15) is 11.5 Å². The Kier molecular flexibility index (Phi) is 5.71. The van der Waals surface area contributed by atoms with Crippen molar-refractivity contribution < 1.29 is 22.7 Å². The van der Waals surface area contributed by atoms with Gasteiger partial charge in [0.25, 0.3) is 5.91 Å². The topological polar surface area (TPSA) is 84.9 Å². The molecule has 4 rings (SSSR count). The maximum Gasteiger partial charge on any atom is 0.254 e. The Morgan fingerprint density at radius 3 is 2.40 bits per heavy atom. The molecule has 30 heavy (non-hydrogen) atoms. The summed E-state index contributed by atoms with van der Waals surface area (Å²) in [6, 6.07) is 11.7. The van der Waals surface area contributed by atoms with Crippen LogP contribution in [-0.2, 0) is 10.0 Å². The standard InChI is InChI=1S/C22H26N2O5S/c1-28-17-9-12-19(21(14-17)29-2)20-4-3-13-24(20)22(25)15-5-10-18(11-6-15)30(26,27)23-16-7-8-16/h5-6,9-12,14,16,20,23H,3-4,7-8,13H2,1-2H3/t20-/m1/s1. The van der Waals surface area contributed by atoms with E-state index in [1.165, 1.54) is 12.1 Å². The van der Waals surface area contributed by atoms with Crippen molar-refractivity contribution in [3.05, 3.63) is 53.6 Å². The van der Waals surface area contributed by atoms with Crippen molar-refractivity contribution in [2.24, 2.45) is 0 Å². The lowest BCUT2D eigenvalue weighted by Crippen LogP contribution is -2.31. The van der Waals surface area contributed by atoms with Crippen molar-refractivity contribution in [2.45, 2.75) is 42.7 Å². The SMILES string of the molecule is COc1ccc([C@H]2CCCN2C(=O)c2ccc(S(=O)(=O)NC3CC3)cc2)c(OC)c1. The third-order valence-electron chi connectivity index (χ3n) is 5.62. The molecule has 2 aromatic rings. The molecule has 1 N–H and O–H groups in total. The summed E-state index contributed by atoms with van der Waals surface area (Å²) in [5, 5.41) is 0. The number of benzene rings is 2. The fraction of sp³-hybridized carbons (Fsp3) is 0.409. The summed E-state index contributed by atoms with van der Waals surface area (Å²) in [6.07, 6.45) is 3.48. The molecular formula is C22H26N2O5S. The average Bonchev–Trinajstić information content (AvgIpc) is 3.43. The van der Waals surface area contributed by atoms with E-state index >= 15 is 0 Å². The number of likely N-dealkylation sites (tertiary alicyclic amines) is 1. The van der Waals surface area contributed by atoms with Crippen LogP contribution in [0.3, 0.4) is 0 Å². The molecule has 1 amide bonds. The highest BCUT2D eigenvalue weighted by Gasteiger charge is 2.33. The van der Waals surface area contributed by atoms with Gasteiger partial charge < -0.3 is 14.4 Å². The van der Waals surface area contributed by atoms with E-state index in [1.54, 1.807) is 26.4 Å². The van der Waals surface area contributed by atoms with Crippen LogP contribution in [0, 0.1) is 0 Å². The van der Waals surface area contributed by atoms with E-state index < -0.39 is 10.0 Å². The Bertz CT molecular complexity index is 1030. The van der Waals surface area contributed by atoms with E-state index in [9.17, 15) is 13.2 Å². The first-order valence-corrected chi connectivity index (χ1v) is 11.6. The number of ether oxygens (including phenoxy) is 2. The molecule has 1 aliphatic heterocycles. The Hall–Kier alpha value is -2.58. The van der Waals surface area contributed by atoms with Gasteiger partial charge >= 0.3 is 0 Å². The number of nitrogens with one attached hydrogen (secondary N) is 1. The summed E-state index contributed by atoms with van der Waals surface area (Å²) in [6.45, 7) is 0.641. The van der Waals surface area contributed by atoms with Gasteiger partial charge in [-0.2, -0.15) is 0 Å². The Labute approximate surface area is 177 Å². The summed E-state index contributed by atoms with van der Waals surface area (Å²) >= 11 is 0. The van der Waals surface area contributed by atoms with Gasteiger partial charge in [-0.3, -0.25) is 4.79 Å². The van der Waals surface area contributed by atoms with Gasteiger partial charge in [0.15, 0.2) is 0 Å². The van der Waals surface area contributed by atoms with Crippen LogP contribution in [0.1, 0.15) is 47.6 Å². The highest BCUT2D eigenvalue weighted by molar-refractivity contribution is 7.89. The Morgan fingerprint density at radius 1 is 1.03 bits per heavy atom. The lowest BCUT2D eigenvalue weighted by Gasteiger charge is -2.26. The van der Waals surface area contributed by atoms with Gasteiger partial charge in [0, 0.05) is 29.8 Å². The van der Waals surface area contributed by atoms with Gasteiger partial charge in [-0.05, 0) is 62.1 Å². The first kappa shape index (κ1) is 20.7. The van der Waals surface area contributed by atoms with Crippen LogP contribution in [0.4, 0.5) is 0 Å². The van der Waals surface area contributed by atoms with E-state index in [1.807, 2.05) is 23.1 Å². The maximum atomic E-state index is 13.2. The van der Waals surface area contributed by atoms with Gasteiger partial charge in [-0.15, -0.1) is 0 Å². The molecule has 0 bridgehead atoms. The predicted octanol–water partition coefficient (Wildman–Crippen LogP) is 3.12. The fourth-order valence-corrected chi connectivity index (χ4v) is 5.16. The maximum absolute atomic E-state index is 13.2. The molecular weight excluding hydrogens is 404 g/mol. The fourth-order valence-electron chi connectivity index (χ4n) is 3.86. The zero-order valence-corrected chi connectivity index (χ0v) is 17.9. The van der Waals surface area contributed by atoms with E-state index in [0.29, 0.717) is 23.6 Å². The van der Waals surface area contributed by atoms with Gasteiger partial charge in [-0.1, -0.05) is 0 Å². The first-order valence-electron chi connectivity index (χ1n) is 10.1. The average molecular weight is 431 g/mol. The third-order valence-corrected chi connectivity index (χ3v) is 7.16. The van der Waals surface area contributed by atoms with Crippen molar-refractivity contribution >= 4 is 15.9 Å². The van der Waals surface area contributed by atoms with Gasteiger partial charge in [-0.25, -0.2) is 13.1 Å². The monoisotopic (exact) mass is 430 g/mol. The number of carbonyl (C=O) groups excluding carboxylic acids is 1. The molecule has 2 fully saturated rings. The zero-order valence-electron chi connectivity index (χ0n) is 17.1. The van der Waals surface area contributed by atoms with Crippen molar-refractivity contribution in [3.63, 3.8) is 0 Å². The lowest BCUT2D eigenvalue weighted by atomic mass is 10.0. The van der Waals surface area contributed by atoms with E-state index in [2.05, 4.69) is 4.72 Å². The molecule has 0 unspecified atom stereocenters. The molecule has 1 aliphatic carbocycles. The molecule has 0 aromatic heterocycles. The van der Waals surface area contributed by atoms with Crippen LogP contribution >= 0.6 is 0 Å². The number of rotatable bonds is 7. The molecule has 0 radical (unpaired) electrons. The van der Waals surface area contributed by atoms with Gasteiger partial charge in [0.2, 0.25) is 10.0 Å². The molecule has 2 aromatic carbocycles. The highest BCUT2D eigenvalue weighted by Crippen LogP contribution is 2.39. The smallest absolute Gasteiger partial charge is 0.254 e. The van der Waals surface area contributed by atoms with Crippen LogP contribution in [0.5, 0.6) is 11.5 Å². The summed E-state index contributed by atoms with van der Waals surface area (Å²) in [7, 11) is -0.325. The number of amides is 1. The normalized spacial score (nSPS) is 19.0. The highest BCUT2D eigenvalue weighted by atomic mass is 32.2. The minimum Gasteiger partial charge on any atom is -0.497 e. The molecule has 1 saturated heterocycles. The van der Waals surface area contributed by atoms with Crippen molar-refractivity contribution in [3.8, 4) is 11.5 Å². The third kappa shape index (κ3) is 4.15. The molecule has 1 heterocycles. The summed E-state index contributed by atoms with van der Waals surface area (Å²) in [4.78, 5) is 15.2. The van der Waals surface area contributed by atoms with Crippen LogP contribution in [-0.4, -0.2) is 46.0 Å². The minimum atomic E-state index is -3.53. The number of hydrogen-bond acceptors (Lipinski definition) is 5. The van der Waals surface area contributed by atoms with E-state index in [-0.39, 0.29) is 22.9 Å². The van der Waals surface area contributed by atoms with Crippen LogP contribution in [0.2, 0.25) is 0 Å². The van der Waals surface area contributed by atoms with Crippen LogP contribution in [0.25, 0.3) is 0 Å². The molecule has 2 aliphatic rings.